The first-order valence-corrected chi connectivity index (χ1v) is 9.67. The van der Waals surface area contributed by atoms with Gasteiger partial charge in [-0.25, -0.2) is 4.98 Å². The minimum atomic E-state index is 0.0513. The Labute approximate surface area is 156 Å². The monoisotopic (exact) mass is 364 g/mol. The number of hydrogen-bond donors (Lipinski definition) is 1. The zero-order valence-corrected chi connectivity index (χ0v) is 15.2. The van der Waals surface area contributed by atoms with Gasteiger partial charge in [-0.3, -0.25) is 4.79 Å². The second-order valence-electron chi connectivity index (χ2n) is 6.36. The summed E-state index contributed by atoms with van der Waals surface area (Å²) >= 11 is 1.64. The smallest absolute Gasteiger partial charge is 0.227 e. The molecule has 2 heterocycles. The fourth-order valence-electron chi connectivity index (χ4n) is 3.05. The molecule has 1 aliphatic rings. The predicted molar refractivity (Wildman–Crippen MR) is 105 cm³/mol. The molecule has 2 aromatic carbocycles. The van der Waals surface area contributed by atoms with Gasteiger partial charge in [-0.05, 0) is 25.0 Å². The summed E-state index contributed by atoms with van der Waals surface area (Å²) in [5.41, 5.74) is 3.96. The zero-order chi connectivity index (χ0) is 17.8. The minimum absolute atomic E-state index is 0.0513. The number of rotatable bonds is 4. The Morgan fingerprint density at radius 2 is 1.73 bits per heavy atom. The van der Waals surface area contributed by atoms with E-state index in [9.17, 15) is 4.79 Å². The highest BCUT2D eigenvalue weighted by atomic mass is 32.1. The number of nitrogens with one attached hydrogen (secondary N) is 1. The molecule has 5 heteroatoms. The highest BCUT2D eigenvalue weighted by Crippen LogP contribution is 2.29. The van der Waals surface area contributed by atoms with Crippen molar-refractivity contribution >= 4 is 22.9 Å². The van der Waals surface area contributed by atoms with Crippen molar-refractivity contribution in [2.24, 2.45) is 5.92 Å². The molecule has 0 spiro atoms. The average molecular weight is 364 g/mol. The molecule has 0 aliphatic carbocycles. The largest absolute Gasteiger partial charge is 0.381 e. The second-order valence-corrected chi connectivity index (χ2v) is 7.22. The lowest BCUT2D eigenvalue weighted by Gasteiger charge is -2.21. The number of benzene rings is 2. The van der Waals surface area contributed by atoms with Crippen LogP contribution in [0.25, 0.3) is 21.8 Å². The van der Waals surface area contributed by atoms with Crippen molar-refractivity contribution in [3.63, 3.8) is 0 Å². The number of amides is 1. The minimum Gasteiger partial charge on any atom is -0.381 e. The van der Waals surface area contributed by atoms with E-state index >= 15 is 0 Å². The number of carbonyl (C=O) groups excluding carboxylic acids is 1. The van der Waals surface area contributed by atoms with Crippen LogP contribution in [0.3, 0.4) is 0 Å². The van der Waals surface area contributed by atoms with Gasteiger partial charge >= 0.3 is 0 Å². The van der Waals surface area contributed by atoms with Gasteiger partial charge in [0.15, 0.2) is 0 Å². The summed E-state index contributed by atoms with van der Waals surface area (Å²) in [5, 5.41) is 6.09. The van der Waals surface area contributed by atoms with Crippen LogP contribution in [0.4, 0.5) is 5.69 Å². The lowest BCUT2D eigenvalue weighted by Crippen LogP contribution is -2.28. The van der Waals surface area contributed by atoms with Gasteiger partial charge in [-0.2, -0.15) is 0 Å². The van der Waals surface area contributed by atoms with Crippen LogP contribution in [0, 0.1) is 5.92 Å². The first-order chi connectivity index (χ1) is 12.8. The summed E-state index contributed by atoms with van der Waals surface area (Å²) in [6, 6.07) is 18.1. The first kappa shape index (κ1) is 16.9. The summed E-state index contributed by atoms with van der Waals surface area (Å²) in [7, 11) is 0. The molecular formula is C21H20N2O2S. The van der Waals surface area contributed by atoms with Gasteiger partial charge in [0.1, 0.15) is 5.01 Å². The number of nitrogens with zero attached hydrogens (tertiary/aromatic N) is 1. The van der Waals surface area contributed by atoms with Crippen LogP contribution < -0.4 is 5.32 Å². The summed E-state index contributed by atoms with van der Waals surface area (Å²) in [6.45, 7) is 1.34. The van der Waals surface area contributed by atoms with Crippen LogP contribution >= 0.6 is 11.3 Å². The van der Waals surface area contributed by atoms with Crippen LogP contribution in [-0.4, -0.2) is 24.1 Å². The third-order valence-electron chi connectivity index (χ3n) is 4.57. The summed E-state index contributed by atoms with van der Waals surface area (Å²) in [6.07, 6.45) is 1.59. The summed E-state index contributed by atoms with van der Waals surface area (Å²) in [4.78, 5) is 17.0. The number of hydrogen-bond acceptors (Lipinski definition) is 4. The lowest BCUT2D eigenvalue weighted by molar-refractivity contribution is -0.122. The van der Waals surface area contributed by atoms with E-state index in [0.29, 0.717) is 13.2 Å². The molecule has 1 aliphatic heterocycles. The normalized spacial score (nSPS) is 14.9. The van der Waals surface area contributed by atoms with Crippen LogP contribution in [0.2, 0.25) is 0 Å². The topological polar surface area (TPSA) is 51.2 Å². The van der Waals surface area contributed by atoms with Crippen LogP contribution in [0.5, 0.6) is 0 Å². The number of aromatic nitrogens is 1. The van der Waals surface area contributed by atoms with E-state index in [1.165, 1.54) is 0 Å². The van der Waals surface area contributed by atoms with Crippen molar-refractivity contribution in [1.82, 2.24) is 4.98 Å². The maximum absolute atomic E-state index is 12.3. The quantitative estimate of drug-likeness (QED) is 0.720. The van der Waals surface area contributed by atoms with Gasteiger partial charge in [0, 0.05) is 41.3 Å². The molecule has 1 aromatic heterocycles. The molecule has 1 saturated heterocycles. The molecule has 0 atom stereocenters. The second kappa shape index (κ2) is 7.81. The van der Waals surface area contributed by atoms with Crippen molar-refractivity contribution in [3.05, 3.63) is 60.0 Å². The van der Waals surface area contributed by atoms with Gasteiger partial charge in [0.05, 0.1) is 5.69 Å². The molecule has 1 amide bonds. The molecule has 4 nitrogen and oxygen atoms in total. The van der Waals surface area contributed by atoms with Crippen LogP contribution in [0.1, 0.15) is 12.8 Å². The molecule has 3 aromatic rings. The highest BCUT2D eigenvalue weighted by molar-refractivity contribution is 7.13. The predicted octanol–water partition coefficient (Wildman–Crippen LogP) is 4.84. The summed E-state index contributed by atoms with van der Waals surface area (Å²) in [5.74, 6) is 0.136. The van der Waals surface area contributed by atoms with E-state index in [4.69, 9.17) is 9.72 Å². The van der Waals surface area contributed by atoms with Gasteiger partial charge in [-0.1, -0.05) is 42.5 Å². The summed E-state index contributed by atoms with van der Waals surface area (Å²) < 4.78 is 5.31. The lowest BCUT2D eigenvalue weighted by atomic mass is 9.99. The Morgan fingerprint density at radius 3 is 2.46 bits per heavy atom. The maximum Gasteiger partial charge on any atom is 0.227 e. The fraction of sp³-hybridized carbons (Fsp3) is 0.238. The molecular weight excluding hydrogens is 344 g/mol. The Morgan fingerprint density at radius 1 is 1.00 bits per heavy atom. The maximum atomic E-state index is 12.3. The van der Waals surface area contributed by atoms with E-state index in [1.807, 2.05) is 42.5 Å². The average Bonchev–Trinajstić information content (AvgIpc) is 3.20. The zero-order valence-electron chi connectivity index (χ0n) is 14.4. The fourth-order valence-corrected chi connectivity index (χ4v) is 3.88. The molecule has 0 radical (unpaired) electrons. The van der Waals surface area contributed by atoms with Gasteiger partial charge in [0.2, 0.25) is 5.91 Å². The van der Waals surface area contributed by atoms with Gasteiger partial charge in [0.25, 0.3) is 0 Å². The number of carbonyl (C=O) groups is 1. The molecule has 0 saturated carbocycles. The molecule has 0 bridgehead atoms. The van der Waals surface area contributed by atoms with E-state index in [-0.39, 0.29) is 11.8 Å². The van der Waals surface area contributed by atoms with Crippen LogP contribution in [0.15, 0.2) is 60.0 Å². The Bertz CT molecular complexity index is 869. The van der Waals surface area contributed by atoms with Crippen molar-refractivity contribution in [3.8, 4) is 21.8 Å². The van der Waals surface area contributed by atoms with Gasteiger partial charge in [-0.15, -0.1) is 11.3 Å². The van der Waals surface area contributed by atoms with Crippen molar-refractivity contribution in [2.45, 2.75) is 12.8 Å². The SMILES string of the molecule is O=C(Nc1ccc(-c2csc(-c3ccccc3)n2)cc1)C1CCOCC1. The molecule has 26 heavy (non-hydrogen) atoms. The van der Waals surface area contributed by atoms with Crippen molar-refractivity contribution in [2.75, 3.05) is 18.5 Å². The Hall–Kier alpha value is -2.50. The first-order valence-electron chi connectivity index (χ1n) is 8.79. The Kier molecular flexibility index (Phi) is 5.09. The Balaban J connectivity index is 1.44. The third kappa shape index (κ3) is 3.84. The number of thiazole rings is 1. The molecule has 4 rings (SSSR count). The van der Waals surface area contributed by atoms with E-state index < -0.39 is 0 Å². The van der Waals surface area contributed by atoms with E-state index in [0.717, 1.165) is 40.4 Å². The van der Waals surface area contributed by atoms with Crippen molar-refractivity contribution in [1.29, 1.82) is 0 Å². The molecule has 132 valence electrons. The number of anilines is 1. The van der Waals surface area contributed by atoms with Crippen molar-refractivity contribution < 1.29 is 9.53 Å². The van der Waals surface area contributed by atoms with E-state index in [1.54, 1.807) is 11.3 Å². The molecule has 0 unspecified atom stereocenters. The number of ether oxygens (including phenoxy) is 1. The standard InChI is InChI=1S/C21H20N2O2S/c24-20(16-10-12-25-13-11-16)22-18-8-6-15(7-9-18)19-14-26-21(23-19)17-4-2-1-3-5-17/h1-9,14,16H,10-13H2,(H,22,24). The molecule has 1 fully saturated rings. The van der Waals surface area contributed by atoms with Gasteiger partial charge < -0.3 is 10.1 Å². The third-order valence-corrected chi connectivity index (χ3v) is 5.46. The van der Waals surface area contributed by atoms with Crippen LogP contribution in [-0.2, 0) is 9.53 Å². The highest BCUT2D eigenvalue weighted by Gasteiger charge is 2.21. The van der Waals surface area contributed by atoms with E-state index in [2.05, 4.69) is 22.8 Å². The molecule has 1 N–H and O–H groups in total.